The third kappa shape index (κ3) is 73.8. The van der Waals surface area contributed by atoms with Crippen molar-refractivity contribution >= 4 is 33.6 Å². The minimum absolute atomic E-state index is 0.105. The number of hydrogen-bond donors (Lipinski definition) is 4. The summed E-state index contributed by atoms with van der Waals surface area (Å²) in [6, 6.07) is 0. The van der Waals surface area contributed by atoms with E-state index < -0.39 is 91.5 Å². The number of unbranched alkanes of at least 4 members (excludes halogenated alkanes) is 37. The molecule has 0 aliphatic rings. The summed E-state index contributed by atoms with van der Waals surface area (Å²) in [4.78, 5) is 58.5. The molecule has 0 aliphatic heterocycles. The van der Waals surface area contributed by atoms with Crippen LogP contribution in [0.5, 0.6) is 0 Å². The van der Waals surface area contributed by atoms with Gasteiger partial charge in [-0.1, -0.05) is 311 Å². The maximum atomic E-state index is 12.9. The molecule has 97 heavy (non-hydrogen) atoms. The standard InChI is InChI=1S/C79H142O16P2/c1-4-7-10-13-16-19-22-25-27-28-29-30-31-32-33-34-35-36-37-38-39-40-41-42-43-44-46-49-50-53-56-59-62-65-77(82)89-68-74(80)69-91-96(85,86)92-70-75(81)71-93-97(87,88)94-73-76(95-79(84)67-64-61-58-55-52-47-24-21-18-15-12-9-6-3)72-90-78(83)66-63-60-57-54-51-48-45-26-23-20-17-14-11-8-5-2/h8,11,16-17,19-20,25-27,29-30,32-33,45,74-76,80-81H,4-7,9-10,12-15,18,21-24,28,31,34-44,46-73H2,1-3H3,(H,85,86)(H,87,88)/b11-8-,19-16-,20-17-,27-25-,30-29-,33-32-,45-26-. The molecule has 0 fully saturated rings. The molecule has 0 radical (unpaired) electrons. The number of ether oxygens (including phenoxy) is 3. The van der Waals surface area contributed by atoms with Crippen LogP contribution in [0, 0.1) is 0 Å². The highest BCUT2D eigenvalue weighted by molar-refractivity contribution is 7.47. The first-order valence-electron chi connectivity index (χ1n) is 38.9. The first kappa shape index (κ1) is 93.7. The number of hydrogen-bond acceptors (Lipinski definition) is 14. The van der Waals surface area contributed by atoms with Crippen LogP contribution in [0.15, 0.2) is 85.1 Å². The lowest BCUT2D eigenvalue weighted by Crippen LogP contribution is -2.30. The van der Waals surface area contributed by atoms with Gasteiger partial charge in [-0.15, -0.1) is 0 Å². The molecule has 564 valence electrons. The maximum Gasteiger partial charge on any atom is 0.472 e. The van der Waals surface area contributed by atoms with Crippen LogP contribution in [-0.2, 0) is 55.8 Å². The zero-order valence-corrected chi connectivity index (χ0v) is 63.3. The number of carbonyl (C=O) groups is 3. The summed E-state index contributed by atoms with van der Waals surface area (Å²) in [5.41, 5.74) is 0. The Morgan fingerprint density at radius 2 is 0.546 bits per heavy atom. The molecule has 4 N–H and O–H groups in total. The molecular weight excluding hydrogens is 1270 g/mol. The number of phosphoric acid groups is 2. The summed E-state index contributed by atoms with van der Waals surface area (Å²) >= 11 is 0. The van der Waals surface area contributed by atoms with E-state index in [2.05, 4.69) is 106 Å². The van der Waals surface area contributed by atoms with Gasteiger partial charge in [0.15, 0.2) is 6.10 Å². The molecule has 0 aliphatic carbocycles. The Hall–Kier alpha value is -3.27. The molecule has 0 amide bonds. The van der Waals surface area contributed by atoms with E-state index in [-0.39, 0.29) is 19.3 Å². The van der Waals surface area contributed by atoms with Gasteiger partial charge in [0, 0.05) is 19.3 Å². The van der Waals surface area contributed by atoms with Crippen molar-refractivity contribution in [2.24, 2.45) is 0 Å². The zero-order chi connectivity index (χ0) is 70.9. The minimum Gasteiger partial charge on any atom is -0.463 e. The summed E-state index contributed by atoms with van der Waals surface area (Å²) in [5, 5.41) is 20.6. The van der Waals surface area contributed by atoms with Gasteiger partial charge in [0.05, 0.1) is 26.4 Å². The predicted octanol–water partition coefficient (Wildman–Crippen LogP) is 22.4. The van der Waals surface area contributed by atoms with E-state index in [9.17, 15) is 43.5 Å². The van der Waals surface area contributed by atoms with Crippen molar-refractivity contribution in [3.8, 4) is 0 Å². The number of carbonyl (C=O) groups excluding carboxylic acids is 3. The van der Waals surface area contributed by atoms with Gasteiger partial charge in [0.25, 0.3) is 0 Å². The Morgan fingerprint density at radius 3 is 0.887 bits per heavy atom. The molecule has 0 heterocycles. The van der Waals surface area contributed by atoms with Crippen molar-refractivity contribution in [2.75, 3.05) is 39.6 Å². The number of aliphatic hydroxyl groups excluding tert-OH is 2. The fourth-order valence-corrected chi connectivity index (χ4v) is 12.3. The van der Waals surface area contributed by atoms with Gasteiger partial charge in [-0.2, -0.15) is 0 Å². The monoisotopic (exact) mass is 1410 g/mol. The molecule has 0 aromatic heterocycles. The van der Waals surface area contributed by atoms with Gasteiger partial charge in [-0.05, 0) is 96.3 Å². The summed E-state index contributed by atoms with van der Waals surface area (Å²) < 4.78 is 61.0. The van der Waals surface area contributed by atoms with E-state index >= 15 is 0 Å². The lowest BCUT2D eigenvalue weighted by atomic mass is 10.0. The van der Waals surface area contributed by atoms with Crippen LogP contribution in [0.1, 0.15) is 342 Å². The molecule has 0 saturated heterocycles. The third-order valence-electron chi connectivity index (χ3n) is 16.6. The van der Waals surface area contributed by atoms with Crippen LogP contribution in [0.4, 0.5) is 0 Å². The van der Waals surface area contributed by atoms with Crippen LogP contribution in [0.2, 0.25) is 0 Å². The lowest BCUT2D eigenvalue weighted by molar-refractivity contribution is -0.161. The molecule has 5 unspecified atom stereocenters. The highest BCUT2D eigenvalue weighted by atomic mass is 31.2. The van der Waals surface area contributed by atoms with Gasteiger partial charge >= 0.3 is 33.6 Å². The number of phosphoric ester groups is 2. The Balaban J connectivity index is 4.34. The van der Waals surface area contributed by atoms with Gasteiger partial charge in [-0.25, -0.2) is 9.13 Å². The molecular formula is C79H142O16P2. The molecule has 0 bridgehead atoms. The molecule has 5 atom stereocenters. The second-order valence-electron chi connectivity index (χ2n) is 26.1. The van der Waals surface area contributed by atoms with Crippen molar-refractivity contribution in [1.29, 1.82) is 0 Å². The highest BCUT2D eigenvalue weighted by Gasteiger charge is 2.29. The van der Waals surface area contributed by atoms with E-state index in [1.54, 1.807) is 0 Å². The molecule has 0 rings (SSSR count). The number of esters is 3. The fraction of sp³-hybridized carbons (Fsp3) is 0.785. The van der Waals surface area contributed by atoms with E-state index in [1.165, 1.54) is 167 Å². The third-order valence-corrected chi connectivity index (χ3v) is 18.5. The Kier molecular flexibility index (Phi) is 70.1. The first-order chi connectivity index (χ1) is 47.2. The fourth-order valence-electron chi connectivity index (χ4n) is 10.7. The SMILES string of the molecule is CC/C=C\C/C=C\C/C=C\CCCCCCCC(=O)OCC(COP(=O)(O)OCC(O)COP(=O)(O)OCC(O)COC(=O)CCCCCCCCCCCCCCCCCCC/C=C\C/C=C\C/C=C\C/C=C\CCCCC)OC(=O)CCCCCCCCCCCCCCC. The van der Waals surface area contributed by atoms with Crippen LogP contribution in [-0.4, -0.2) is 95.9 Å². The molecule has 16 nitrogen and oxygen atoms in total. The van der Waals surface area contributed by atoms with Gasteiger partial charge in [0.2, 0.25) is 0 Å². The van der Waals surface area contributed by atoms with Crippen LogP contribution < -0.4 is 0 Å². The zero-order valence-electron chi connectivity index (χ0n) is 61.5. The minimum atomic E-state index is -4.92. The van der Waals surface area contributed by atoms with Crippen molar-refractivity contribution in [3.63, 3.8) is 0 Å². The summed E-state index contributed by atoms with van der Waals surface area (Å²) in [6.07, 6.45) is 80.9. The predicted molar refractivity (Wildman–Crippen MR) is 399 cm³/mol. The number of aliphatic hydroxyl groups is 2. The lowest BCUT2D eigenvalue weighted by Gasteiger charge is -2.21. The average Bonchev–Trinajstić information content (AvgIpc) is 1.67. The summed E-state index contributed by atoms with van der Waals surface area (Å²) in [6.45, 7) is 2.55. The average molecular weight is 1410 g/mol. The smallest absolute Gasteiger partial charge is 0.463 e. The Labute approximate surface area is 591 Å². The van der Waals surface area contributed by atoms with Crippen LogP contribution in [0.3, 0.4) is 0 Å². The van der Waals surface area contributed by atoms with E-state index in [4.69, 9.17) is 32.3 Å². The molecule has 18 heteroatoms. The van der Waals surface area contributed by atoms with E-state index in [0.717, 1.165) is 116 Å². The molecule has 0 saturated carbocycles. The second-order valence-corrected chi connectivity index (χ2v) is 29.0. The van der Waals surface area contributed by atoms with Gasteiger partial charge in [-0.3, -0.25) is 32.5 Å². The topological polar surface area (TPSA) is 231 Å². The van der Waals surface area contributed by atoms with Crippen molar-refractivity contribution < 1.29 is 75.8 Å². The quantitative estimate of drug-likeness (QED) is 0.0146. The van der Waals surface area contributed by atoms with E-state index in [1.807, 2.05) is 0 Å². The normalized spacial score (nSPS) is 14.5. The molecule has 0 aromatic carbocycles. The van der Waals surface area contributed by atoms with E-state index in [0.29, 0.717) is 19.3 Å². The number of allylic oxidation sites excluding steroid dienone is 14. The van der Waals surface area contributed by atoms with Crippen molar-refractivity contribution in [3.05, 3.63) is 85.1 Å². The Morgan fingerprint density at radius 1 is 0.299 bits per heavy atom. The molecule has 0 spiro atoms. The van der Waals surface area contributed by atoms with Gasteiger partial charge in [0.1, 0.15) is 25.4 Å². The number of rotatable bonds is 74. The van der Waals surface area contributed by atoms with Crippen molar-refractivity contribution in [1.82, 2.24) is 0 Å². The summed E-state index contributed by atoms with van der Waals surface area (Å²) in [7, 11) is -9.77. The maximum absolute atomic E-state index is 12.9. The largest absolute Gasteiger partial charge is 0.472 e. The van der Waals surface area contributed by atoms with Crippen LogP contribution in [0.25, 0.3) is 0 Å². The van der Waals surface area contributed by atoms with Gasteiger partial charge < -0.3 is 34.2 Å². The highest BCUT2D eigenvalue weighted by Crippen LogP contribution is 2.45. The van der Waals surface area contributed by atoms with Crippen molar-refractivity contribution in [2.45, 2.75) is 360 Å². The molecule has 0 aromatic rings. The second kappa shape index (κ2) is 72.5. The summed E-state index contributed by atoms with van der Waals surface area (Å²) in [5.74, 6) is -1.58. The first-order valence-corrected chi connectivity index (χ1v) is 41.9. The Bertz CT molecular complexity index is 2110. The van der Waals surface area contributed by atoms with Crippen LogP contribution >= 0.6 is 15.6 Å².